The number of rotatable bonds is 4. The predicted octanol–water partition coefficient (Wildman–Crippen LogP) is 4.30. The number of nitrogens with one attached hydrogen (secondary N) is 1. The van der Waals surface area contributed by atoms with Crippen LogP contribution < -0.4 is 15.0 Å². The van der Waals surface area contributed by atoms with Crippen molar-refractivity contribution in [1.29, 1.82) is 0 Å². The fraction of sp³-hybridized carbons (Fsp3) is 0.333. The smallest absolute Gasteiger partial charge is 0.118 e. The van der Waals surface area contributed by atoms with E-state index in [9.17, 15) is 0 Å². The Morgan fingerprint density at radius 1 is 1.22 bits per heavy atom. The first-order valence-corrected chi connectivity index (χ1v) is 8.95. The molecular formula is C18H21ClN2OS. The number of hydrogen-bond acceptors (Lipinski definition) is 4. The molecule has 1 heterocycles. The van der Waals surface area contributed by atoms with Gasteiger partial charge in [0.25, 0.3) is 0 Å². The highest BCUT2D eigenvalue weighted by molar-refractivity contribution is 7.99. The Bertz CT molecular complexity index is 663. The van der Waals surface area contributed by atoms with Gasteiger partial charge in [-0.05, 0) is 49.4 Å². The highest BCUT2D eigenvalue weighted by atomic mass is 35.5. The third kappa shape index (κ3) is 4.14. The quantitative estimate of drug-likeness (QED) is 0.890. The first kappa shape index (κ1) is 16.5. The molecule has 0 spiro atoms. The van der Waals surface area contributed by atoms with Crippen LogP contribution in [0.25, 0.3) is 0 Å². The van der Waals surface area contributed by atoms with Gasteiger partial charge >= 0.3 is 0 Å². The van der Waals surface area contributed by atoms with Crippen molar-refractivity contribution in [1.82, 2.24) is 5.32 Å². The van der Waals surface area contributed by atoms with Crippen molar-refractivity contribution < 1.29 is 4.74 Å². The molecule has 1 aliphatic rings. The molecule has 0 aromatic heterocycles. The van der Waals surface area contributed by atoms with Crippen LogP contribution in [0.3, 0.4) is 0 Å². The number of halogens is 1. The zero-order chi connectivity index (χ0) is 16.2. The molecule has 122 valence electrons. The summed E-state index contributed by atoms with van der Waals surface area (Å²) in [6.45, 7) is 5.21. The van der Waals surface area contributed by atoms with Gasteiger partial charge in [0.05, 0.1) is 12.8 Å². The molecule has 2 aromatic rings. The number of hydrogen-bond donors (Lipinski definition) is 1. The van der Waals surface area contributed by atoms with Gasteiger partial charge < -0.3 is 15.0 Å². The van der Waals surface area contributed by atoms with Crippen LogP contribution >= 0.6 is 23.4 Å². The van der Waals surface area contributed by atoms with Gasteiger partial charge in [-0.3, -0.25) is 0 Å². The molecule has 1 fully saturated rings. The Hall–Kier alpha value is -1.36. The van der Waals surface area contributed by atoms with Crippen LogP contribution in [0.5, 0.6) is 5.75 Å². The summed E-state index contributed by atoms with van der Waals surface area (Å²) in [6.07, 6.45) is 0. The van der Waals surface area contributed by atoms with Gasteiger partial charge in [0.1, 0.15) is 5.75 Å². The fourth-order valence-corrected chi connectivity index (χ4v) is 3.87. The molecule has 3 nitrogen and oxygen atoms in total. The molecule has 3 rings (SSSR count). The fourth-order valence-electron chi connectivity index (χ4n) is 2.75. The van der Waals surface area contributed by atoms with E-state index in [-0.39, 0.29) is 0 Å². The first-order valence-electron chi connectivity index (χ1n) is 7.75. The van der Waals surface area contributed by atoms with E-state index in [1.807, 2.05) is 18.2 Å². The summed E-state index contributed by atoms with van der Waals surface area (Å²) in [5.41, 5.74) is 1.21. The molecule has 0 unspecified atom stereocenters. The van der Waals surface area contributed by atoms with Gasteiger partial charge in [0.2, 0.25) is 0 Å². The van der Waals surface area contributed by atoms with Crippen LogP contribution in [0.15, 0.2) is 52.3 Å². The minimum atomic E-state index is 0.488. The van der Waals surface area contributed by atoms with Crippen LogP contribution in [0.4, 0.5) is 5.69 Å². The van der Waals surface area contributed by atoms with Crippen LogP contribution in [0.2, 0.25) is 5.02 Å². The van der Waals surface area contributed by atoms with Gasteiger partial charge in [-0.2, -0.15) is 0 Å². The Labute approximate surface area is 147 Å². The lowest BCUT2D eigenvalue weighted by Gasteiger charge is -2.34. The Balaban J connectivity index is 1.85. The molecule has 0 bridgehead atoms. The van der Waals surface area contributed by atoms with Gasteiger partial charge in [-0.1, -0.05) is 23.4 Å². The van der Waals surface area contributed by atoms with E-state index in [0.29, 0.717) is 6.04 Å². The molecule has 2 aromatic carbocycles. The number of benzene rings is 2. The van der Waals surface area contributed by atoms with E-state index >= 15 is 0 Å². The molecule has 0 aliphatic carbocycles. The second-order valence-electron chi connectivity index (χ2n) is 5.69. The zero-order valence-corrected chi connectivity index (χ0v) is 15.0. The SMILES string of the molecule is COc1ccc(Sc2ccc(Cl)cc2N2CCN[C@H](C)C2)cc1. The molecular weight excluding hydrogens is 328 g/mol. The topological polar surface area (TPSA) is 24.5 Å². The van der Waals surface area contributed by atoms with Crippen LogP contribution in [0.1, 0.15) is 6.92 Å². The summed E-state index contributed by atoms with van der Waals surface area (Å²) in [5, 5.41) is 4.27. The van der Waals surface area contributed by atoms with Gasteiger partial charge in [0.15, 0.2) is 0 Å². The van der Waals surface area contributed by atoms with E-state index in [2.05, 4.69) is 41.4 Å². The lowest BCUT2D eigenvalue weighted by atomic mass is 10.2. The molecule has 1 N–H and O–H groups in total. The van der Waals surface area contributed by atoms with E-state index in [4.69, 9.17) is 16.3 Å². The minimum absolute atomic E-state index is 0.488. The highest BCUT2D eigenvalue weighted by Crippen LogP contribution is 2.38. The van der Waals surface area contributed by atoms with Crippen molar-refractivity contribution in [2.45, 2.75) is 22.8 Å². The third-order valence-corrected chi connectivity index (χ3v) is 5.23. The van der Waals surface area contributed by atoms with Crippen molar-refractivity contribution in [2.75, 3.05) is 31.6 Å². The molecule has 0 saturated carbocycles. The van der Waals surface area contributed by atoms with E-state index in [0.717, 1.165) is 30.4 Å². The monoisotopic (exact) mass is 348 g/mol. The number of ether oxygens (including phenoxy) is 1. The Morgan fingerprint density at radius 3 is 2.70 bits per heavy atom. The van der Waals surface area contributed by atoms with Crippen molar-refractivity contribution in [3.8, 4) is 5.75 Å². The summed E-state index contributed by atoms with van der Waals surface area (Å²) in [7, 11) is 1.69. The van der Waals surface area contributed by atoms with Gasteiger partial charge in [-0.15, -0.1) is 0 Å². The predicted molar refractivity (Wildman–Crippen MR) is 98.2 cm³/mol. The number of nitrogens with zero attached hydrogens (tertiary/aromatic N) is 1. The Morgan fingerprint density at radius 2 is 2.00 bits per heavy atom. The molecule has 0 amide bonds. The molecule has 0 radical (unpaired) electrons. The summed E-state index contributed by atoms with van der Waals surface area (Å²) >= 11 is 8.01. The standard InChI is InChI=1S/C18H21ClN2OS/c1-13-12-21(10-9-20-13)17-11-14(19)3-8-18(17)23-16-6-4-15(22-2)5-7-16/h3-8,11,13,20H,9-10,12H2,1-2H3/t13-/m1/s1. The molecule has 1 aliphatic heterocycles. The van der Waals surface area contributed by atoms with Crippen molar-refractivity contribution in [3.63, 3.8) is 0 Å². The molecule has 23 heavy (non-hydrogen) atoms. The maximum absolute atomic E-state index is 6.25. The minimum Gasteiger partial charge on any atom is -0.497 e. The van der Waals surface area contributed by atoms with Crippen molar-refractivity contribution in [2.24, 2.45) is 0 Å². The number of methoxy groups -OCH3 is 1. The zero-order valence-electron chi connectivity index (χ0n) is 13.4. The lowest BCUT2D eigenvalue weighted by molar-refractivity contribution is 0.414. The summed E-state index contributed by atoms with van der Waals surface area (Å²) in [5.74, 6) is 0.876. The van der Waals surface area contributed by atoms with E-state index in [1.54, 1.807) is 18.9 Å². The highest BCUT2D eigenvalue weighted by Gasteiger charge is 2.19. The number of anilines is 1. The maximum atomic E-state index is 6.25. The molecule has 1 atom stereocenters. The van der Waals surface area contributed by atoms with E-state index in [1.165, 1.54) is 15.5 Å². The Kier molecular flexibility index (Phi) is 5.36. The molecule has 1 saturated heterocycles. The first-order chi connectivity index (χ1) is 11.2. The lowest BCUT2D eigenvalue weighted by Crippen LogP contribution is -2.49. The van der Waals surface area contributed by atoms with Crippen molar-refractivity contribution in [3.05, 3.63) is 47.5 Å². The summed E-state index contributed by atoms with van der Waals surface area (Å²) in [6, 6.07) is 14.8. The van der Waals surface area contributed by atoms with E-state index < -0.39 is 0 Å². The second kappa shape index (κ2) is 7.47. The normalized spacial score (nSPS) is 18.0. The van der Waals surface area contributed by atoms with Gasteiger partial charge in [-0.25, -0.2) is 0 Å². The van der Waals surface area contributed by atoms with Crippen LogP contribution in [-0.2, 0) is 0 Å². The van der Waals surface area contributed by atoms with Crippen LogP contribution in [-0.4, -0.2) is 32.8 Å². The third-order valence-electron chi connectivity index (χ3n) is 3.92. The number of piperazine rings is 1. The average Bonchev–Trinajstić information content (AvgIpc) is 2.57. The average molecular weight is 349 g/mol. The van der Waals surface area contributed by atoms with Crippen molar-refractivity contribution >= 4 is 29.1 Å². The van der Waals surface area contributed by atoms with Crippen LogP contribution in [0, 0.1) is 0 Å². The molecule has 5 heteroatoms. The largest absolute Gasteiger partial charge is 0.497 e. The maximum Gasteiger partial charge on any atom is 0.118 e. The summed E-state index contributed by atoms with van der Waals surface area (Å²) in [4.78, 5) is 4.84. The summed E-state index contributed by atoms with van der Waals surface area (Å²) < 4.78 is 5.22. The van der Waals surface area contributed by atoms with Gasteiger partial charge in [0, 0.05) is 40.5 Å². The second-order valence-corrected chi connectivity index (χ2v) is 7.24.